The average Bonchev–Trinajstić information content (AvgIpc) is 2.34. The van der Waals surface area contributed by atoms with Crippen LogP contribution in [-0.2, 0) is 0 Å². The lowest BCUT2D eigenvalue weighted by Crippen LogP contribution is -2.10. The summed E-state index contributed by atoms with van der Waals surface area (Å²) < 4.78 is 0. The SMILES string of the molecule is N#Cc1csc(C(N)=O)n1. The molecule has 1 rings (SSSR count). The van der Waals surface area contributed by atoms with Crippen LogP contribution in [0.2, 0.25) is 0 Å². The van der Waals surface area contributed by atoms with Crippen molar-refractivity contribution < 1.29 is 4.79 Å². The normalized spacial score (nSPS) is 8.70. The van der Waals surface area contributed by atoms with Crippen molar-refractivity contribution in [1.82, 2.24) is 4.98 Å². The number of rotatable bonds is 1. The summed E-state index contributed by atoms with van der Waals surface area (Å²) in [4.78, 5) is 14.0. The number of nitrogens with zero attached hydrogens (tertiary/aromatic N) is 2. The highest BCUT2D eigenvalue weighted by Crippen LogP contribution is 2.06. The first-order valence-electron chi connectivity index (χ1n) is 2.39. The third-order valence-electron chi connectivity index (χ3n) is 0.830. The Bertz CT molecular complexity index is 298. The van der Waals surface area contributed by atoms with Gasteiger partial charge in [0, 0.05) is 5.38 Å². The zero-order valence-corrected chi connectivity index (χ0v) is 5.68. The molecule has 0 radical (unpaired) electrons. The summed E-state index contributed by atoms with van der Waals surface area (Å²) in [5.41, 5.74) is 5.12. The second kappa shape index (κ2) is 2.45. The first-order chi connectivity index (χ1) is 4.74. The molecule has 4 nitrogen and oxygen atoms in total. The molecular weight excluding hydrogens is 150 g/mol. The molecule has 0 aliphatic heterocycles. The molecule has 0 bridgehead atoms. The van der Waals surface area contributed by atoms with E-state index in [0.717, 1.165) is 11.3 Å². The van der Waals surface area contributed by atoms with Gasteiger partial charge in [0.2, 0.25) is 0 Å². The van der Waals surface area contributed by atoms with E-state index in [1.807, 2.05) is 0 Å². The third-order valence-corrected chi connectivity index (χ3v) is 1.69. The number of nitrogens with two attached hydrogens (primary N) is 1. The van der Waals surface area contributed by atoms with Crippen LogP contribution in [0.3, 0.4) is 0 Å². The van der Waals surface area contributed by atoms with Crippen molar-refractivity contribution in [2.45, 2.75) is 0 Å². The van der Waals surface area contributed by atoms with Gasteiger partial charge in [0.25, 0.3) is 5.91 Å². The summed E-state index contributed by atoms with van der Waals surface area (Å²) in [6.07, 6.45) is 0. The molecule has 5 heteroatoms. The van der Waals surface area contributed by atoms with E-state index in [0.29, 0.717) is 0 Å². The minimum Gasteiger partial charge on any atom is -0.364 e. The van der Waals surface area contributed by atoms with Crippen molar-refractivity contribution in [2.24, 2.45) is 5.73 Å². The van der Waals surface area contributed by atoms with Gasteiger partial charge in [0.1, 0.15) is 6.07 Å². The van der Waals surface area contributed by atoms with E-state index in [1.165, 1.54) is 5.38 Å². The molecule has 0 saturated carbocycles. The molecule has 1 heterocycles. The molecule has 2 N–H and O–H groups in total. The maximum absolute atomic E-state index is 10.4. The van der Waals surface area contributed by atoms with Gasteiger partial charge in [-0.1, -0.05) is 0 Å². The van der Waals surface area contributed by atoms with Gasteiger partial charge in [0.15, 0.2) is 10.7 Å². The molecule has 0 fully saturated rings. The Morgan fingerprint density at radius 2 is 2.60 bits per heavy atom. The van der Waals surface area contributed by atoms with Crippen LogP contribution in [0.1, 0.15) is 15.5 Å². The van der Waals surface area contributed by atoms with Gasteiger partial charge in [-0.25, -0.2) is 4.98 Å². The zero-order valence-electron chi connectivity index (χ0n) is 4.87. The summed E-state index contributed by atoms with van der Waals surface area (Å²) in [6.45, 7) is 0. The Kier molecular flexibility index (Phi) is 1.65. The van der Waals surface area contributed by atoms with E-state index in [-0.39, 0.29) is 10.7 Å². The van der Waals surface area contributed by atoms with Crippen LogP contribution >= 0.6 is 11.3 Å². The lowest BCUT2D eigenvalue weighted by molar-refractivity contribution is 0.1000. The number of hydrogen-bond acceptors (Lipinski definition) is 4. The van der Waals surface area contributed by atoms with Crippen LogP contribution in [0, 0.1) is 11.3 Å². The van der Waals surface area contributed by atoms with Crippen LogP contribution < -0.4 is 5.73 Å². The smallest absolute Gasteiger partial charge is 0.277 e. The lowest BCUT2D eigenvalue weighted by Gasteiger charge is -1.79. The predicted molar refractivity (Wildman–Crippen MR) is 35.3 cm³/mol. The number of hydrogen-bond donors (Lipinski definition) is 1. The number of aromatic nitrogens is 1. The quantitative estimate of drug-likeness (QED) is 0.622. The molecule has 1 aromatic rings. The molecule has 50 valence electrons. The summed E-state index contributed by atoms with van der Waals surface area (Å²) in [6, 6.07) is 1.79. The number of thiazole rings is 1. The van der Waals surface area contributed by atoms with Crippen LogP contribution in [0.15, 0.2) is 5.38 Å². The van der Waals surface area contributed by atoms with Gasteiger partial charge >= 0.3 is 0 Å². The van der Waals surface area contributed by atoms with E-state index >= 15 is 0 Å². The molecule has 0 aliphatic carbocycles. The second-order valence-corrected chi connectivity index (χ2v) is 2.37. The molecule has 0 saturated heterocycles. The van der Waals surface area contributed by atoms with Crippen LogP contribution in [0.4, 0.5) is 0 Å². The van der Waals surface area contributed by atoms with E-state index < -0.39 is 5.91 Å². The molecule has 0 spiro atoms. The average molecular weight is 153 g/mol. The molecular formula is C5H3N3OS. The maximum Gasteiger partial charge on any atom is 0.277 e. The topological polar surface area (TPSA) is 79.8 Å². The highest BCUT2D eigenvalue weighted by Gasteiger charge is 2.04. The van der Waals surface area contributed by atoms with Crippen molar-refractivity contribution in [3.05, 3.63) is 16.1 Å². The largest absolute Gasteiger partial charge is 0.364 e. The highest BCUT2D eigenvalue weighted by atomic mass is 32.1. The fourth-order valence-corrected chi connectivity index (χ4v) is 1.03. The number of nitriles is 1. The Morgan fingerprint density at radius 3 is 2.90 bits per heavy atom. The van der Waals surface area contributed by atoms with Gasteiger partial charge in [0.05, 0.1) is 0 Å². The maximum atomic E-state index is 10.4. The Hall–Kier alpha value is -1.41. The first kappa shape index (κ1) is 6.71. The summed E-state index contributed by atoms with van der Waals surface area (Å²) in [7, 11) is 0. The molecule has 0 aliphatic rings. The predicted octanol–water partition coefficient (Wildman–Crippen LogP) is 0.114. The van der Waals surface area contributed by atoms with Crippen molar-refractivity contribution in [3.63, 3.8) is 0 Å². The summed E-state index contributed by atoms with van der Waals surface area (Å²) in [5, 5.41) is 9.94. The van der Waals surface area contributed by atoms with Crippen molar-refractivity contribution >= 4 is 17.2 Å². The van der Waals surface area contributed by atoms with E-state index in [1.54, 1.807) is 6.07 Å². The van der Waals surface area contributed by atoms with Crippen molar-refractivity contribution in [3.8, 4) is 6.07 Å². The Balaban J connectivity index is 3.02. The van der Waals surface area contributed by atoms with Gasteiger partial charge < -0.3 is 5.73 Å². The van der Waals surface area contributed by atoms with Crippen LogP contribution in [0.25, 0.3) is 0 Å². The van der Waals surface area contributed by atoms with E-state index in [9.17, 15) is 4.79 Å². The lowest BCUT2D eigenvalue weighted by atomic mass is 10.5. The number of carbonyl (C=O) groups excluding carboxylic acids is 1. The number of amides is 1. The van der Waals surface area contributed by atoms with E-state index in [2.05, 4.69) is 4.98 Å². The Labute approximate surface area is 60.9 Å². The zero-order chi connectivity index (χ0) is 7.56. The van der Waals surface area contributed by atoms with Crippen LogP contribution in [0.5, 0.6) is 0 Å². The van der Waals surface area contributed by atoms with Gasteiger partial charge in [-0.15, -0.1) is 11.3 Å². The molecule has 0 aromatic carbocycles. The minimum absolute atomic E-state index is 0.177. The first-order valence-corrected chi connectivity index (χ1v) is 3.27. The highest BCUT2D eigenvalue weighted by molar-refractivity contribution is 7.11. The molecule has 0 atom stereocenters. The van der Waals surface area contributed by atoms with Crippen molar-refractivity contribution in [2.75, 3.05) is 0 Å². The third kappa shape index (κ3) is 1.11. The summed E-state index contributed by atoms with van der Waals surface area (Å²) >= 11 is 1.07. The molecule has 10 heavy (non-hydrogen) atoms. The van der Waals surface area contributed by atoms with Gasteiger partial charge in [-0.05, 0) is 0 Å². The van der Waals surface area contributed by atoms with Gasteiger partial charge in [-0.3, -0.25) is 4.79 Å². The monoisotopic (exact) mass is 153 g/mol. The molecule has 1 amide bonds. The number of carbonyl (C=O) groups is 1. The van der Waals surface area contributed by atoms with Crippen molar-refractivity contribution in [1.29, 1.82) is 5.26 Å². The minimum atomic E-state index is -0.591. The Morgan fingerprint density at radius 1 is 1.90 bits per heavy atom. The van der Waals surface area contributed by atoms with Crippen LogP contribution in [-0.4, -0.2) is 10.9 Å². The fourth-order valence-electron chi connectivity index (χ4n) is 0.438. The number of primary amides is 1. The standard InChI is InChI=1S/C5H3N3OS/c6-1-3-2-10-5(8-3)4(7)9/h2H,(H2,7,9). The second-order valence-electron chi connectivity index (χ2n) is 1.51. The van der Waals surface area contributed by atoms with E-state index in [4.69, 9.17) is 11.0 Å². The molecule has 1 aromatic heterocycles. The summed E-state index contributed by atoms with van der Waals surface area (Å²) in [5.74, 6) is -0.591. The fraction of sp³-hybridized carbons (Fsp3) is 0. The van der Waals surface area contributed by atoms with Gasteiger partial charge in [-0.2, -0.15) is 5.26 Å². The molecule has 0 unspecified atom stereocenters.